The molecule has 234 valence electrons. The molecule has 5 aromatic rings. The van der Waals surface area contributed by atoms with Crippen molar-refractivity contribution in [3.05, 3.63) is 77.0 Å². The van der Waals surface area contributed by atoms with Crippen LogP contribution in [0.4, 0.5) is 0 Å². The molecule has 2 heteroatoms. The van der Waals surface area contributed by atoms with E-state index in [1.54, 1.807) is 0 Å². The molecule has 1 fully saturated rings. The van der Waals surface area contributed by atoms with E-state index >= 15 is 0 Å². The number of ether oxygens (including phenoxy) is 1. The van der Waals surface area contributed by atoms with Crippen molar-refractivity contribution in [2.45, 2.75) is 107 Å². The van der Waals surface area contributed by atoms with Crippen LogP contribution in [0.5, 0.6) is 11.5 Å². The molecular formula is C43H52NO+. The van der Waals surface area contributed by atoms with Crippen LogP contribution in [0.2, 0.25) is 0 Å². The van der Waals surface area contributed by atoms with Crippen molar-refractivity contribution in [2.75, 3.05) is 0 Å². The zero-order valence-corrected chi connectivity index (χ0v) is 29.4. The Morgan fingerprint density at radius 1 is 0.800 bits per heavy atom. The number of nitrogens with zero attached hydrogens (tertiary/aromatic N) is 1. The van der Waals surface area contributed by atoms with Crippen molar-refractivity contribution in [3.8, 4) is 22.8 Å². The van der Waals surface area contributed by atoms with E-state index in [-0.39, 0.29) is 10.8 Å². The zero-order valence-electron chi connectivity index (χ0n) is 29.4. The molecule has 1 aliphatic heterocycles. The van der Waals surface area contributed by atoms with Crippen molar-refractivity contribution in [2.24, 2.45) is 23.3 Å². The summed E-state index contributed by atoms with van der Waals surface area (Å²) in [6.45, 7) is 21.2. The molecule has 2 aliphatic rings. The maximum atomic E-state index is 7.19. The summed E-state index contributed by atoms with van der Waals surface area (Å²) in [5, 5.41) is 7.84. The Kier molecular flexibility index (Phi) is 6.94. The van der Waals surface area contributed by atoms with Gasteiger partial charge in [-0.3, -0.25) is 0 Å². The first kappa shape index (κ1) is 30.3. The Labute approximate surface area is 270 Å². The molecule has 0 spiro atoms. The van der Waals surface area contributed by atoms with Gasteiger partial charge in [0.2, 0.25) is 5.69 Å². The maximum absolute atomic E-state index is 7.19. The van der Waals surface area contributed by atoms with Gasteiger partial charge in [-0.1, -0.05) is 91.8 Å². The van der Waals surface area contributed by atoms with Crippen molar-refractivity contribution in [1.82, 2.24) is 0 Å². The van der Waals surface area contributed by atoms with Gasteiger partial charge in [-0.05, 0) is 112 Å². The minimum absolute atomic E-state index is 0.116. The second-order valence-corrected chi connectivity index (χ2v) is 17.6. The van der Waals surface area contributed by atoms with Gasteiger partial charge in [-0.2, -0.15) is 0 Å². The van der Waals surface area contributed by atoms with Crippen molar-refractivity contribution in [1.29, 1.82) is 0 Å². The molecule has 0 N–H and O–H groups in total. The normalized spacial score (nSPS) is 16.8. The van der Waals surface area contributed by atoms with Gasteiger partial charge in [0.1, 0.15) is 18.5 Å². The summed E-state index contributed by atoms with van der Waals surface area (Å²) < 4.78 is 9.52. The number of rotatable bonds is 3. The second kappa shape index (κ2) is 10.3. The third-order valence-electron chi connectivity index (χ3n) is 10.6. The summed E-state index contributed by atoms with van der Waals surface area (Å²) in [6.07, 6.45) is 9.45. The number of aromatic nitrogens is 1. The number of hydrogen-bond acceptors (Lipinski definition) is 1. The van der Waals surface area contributed by atoms with Crippen LogP contribution in [0, 0.1) is 23.2 Å². The average molecular weight is 599 g/mol. The van der Waals surface area contributed by atoms with E-state index in [4.69, 9.17) is 4.74 Å². The fourth-order valence-electron chi connectivity index (χ4n) is 8.33. The fraction of sp³-hybridized carbons (Fsp3) is 0.465. The molecule has 0 saturated heterocycles. The maximum Gasteiger partial charge on any atom is 0.228 e. The van der Waals surface area contributed by atoms with Gasteiger partial charge in [0, 0.05) is 17.0 Å². The highest BCUT2D eigenvalue weighted by Crippen LogP contribution is 2.53. The Morgan fingerprint density at radius 2 is 1.49 bits per heavy atom. The van der Waals surface area contributed by atoms with E-state index in [1.807, 2.05) is 0 Å². The number of pyridine rings is 1. The molecular weight excluding hydrogens is 546 g/mol. The van der Waals surface area contributed by atoms with Crippen LogP contribution < -0.4 is 9.30 Å². The van der Waals surface area contributed by atoms with E-state index < -0.39 is 0 Å². The van der Waals surface area contributed by atoms with Crippen LogP contribution in [-0.4, -0.2) is 0 Å². The molecule has 0 unspecified atom stereocenters. The average Bonchev–Trinajstić information content (AvgIpc) is 2.94. The largest absolute Gasteiger partial charge is 0.455 e. The van der Waals surface area contributed by atoms with E-state index in [0.29, 0.717) is 11.3 Å². The molecule has 0 amide bonds. The highest BCUT2D eigenvalue weighted by Gasteiger charge is 2.35. The molecule has 1 aromatic heterocycles. The van der Waals surface area contributed by atoms with Crippen molar-refractivity contribution >= 4 is 32.3 Å². The minimum Gasteiger partial charge on any atom is -0.455 e. The molecule has 0 radical (unpaired) electrons. The third-order valence-corrected chi connectivity index (χ3v) is 10.6. The van der Waals surface area contributed by atoms with Crippen LogP contribution in [0.1, 0.15) is 109 Å². The highest BCUT2D eigenvalue weighted by atomic mass is 16.5. The predicted molar refractivity (Wildman–Crippen MR) is 192 cm³/mol. The third kappa shape index (κ3) is 5.43. The summed E-state index contributed by atoms with van der Waals surface area (Å²) in [4.78, 5) is 0. The lowest BCUT2D eigenvalue weighted by atomic mass is 9.71. The van der Waals surface area contributed by atoms with E-state index in [9.17, 15) is 0 Å². The number of fused-ring (bicyclic) bond motifs is 5. The minimum atomic E-state index is 0.116. The van der Waals surface area contributed by atoms with E-state index in [1.165, 1.54) is 91.5 Å². The predicted octanol–water partition coefficient (Wildman–Crippen LogP) is 11.9. The number of benzene rings is 4. The topological polar surface area (TPSA) is 13.1 Å². The van der Waals surface area contributed by atoms with Gasteiger partial charge in [-0.15, -0.1) is 0 Å². The molecule has 2 heterocycles. The monoisotopic (exact) mass is 598 g/mol. The van der Waals surface area contributed by atoms with E-state index in [0.717, 1.165) is 24.3 Å². The molecule has 2 nitrogen and oxygen atoms in total. The molecule has 1 saturated carbocycles. The van der Waals surface area contributed by atoms with Crippen LogP contribution in [-0.2, 0) is 19.9 Å². The smallest absolute Gasteiger partial charge is 0.228 e. The van der Waals surface area contributed by atoms with Gasteiger partial charge in [-0.25, -0.2) is 4.57 Å². The summed E-state index contributed by atoms with van der Waals surface area (Å²) in [6, 6.07) is 19.1. The quantitative estimate of drug-likeness (QED) is 0.146. The Morgan fingerprint density at radius 3 is 2.18 bits per heavy atom. The molecule has 0 bridgehead atoms. The molecule has 1 aliphatic carbocycles. The summed E-state index contributed by atoms with van der Waals surface area (Å²) in [7, 11) is 2.20. The van der Waals surface area contributed by atoms with Crippen LogP contribution in [0.3, 0.4) is 0 Å². The van der Waals surface area contributed by atoms with Gasteiger partial charge in [0.05, 0.1) is 10.9 Å². The Bertz CT molecular complexity index is 1990. The first-order valence-electron chi connectivity index (χ1n) is 17.2. The second-order valence-electron chi connectivity index (χ2n) is 17.6. The number of hydrogen-bond donors (Lipinski definition) is 0. The summed E-state index contributed by atoms with van der Waals surface area (Å²) in [5.74, 6) is 2.70. The van der Waals surface area contributed by atoms with Gasteiger partial charge >= 0.3 is 0 Å². The van der Waals surface area contributed by atoms with Crippen molar-refractivity contribution < 1.29 is 9.30 Å². The van der Waals surface area contributed by atoms with Gasteiger partial charge in [0.25, 0.3) is 0 Å². The van der Waals surface area contributed by atoms with E-state index in [2.05, 4.69) is 129 Å². The number of aryl methyl sites for hydroxylation is 2. The molecule has 45 heavy (non-hydrogen) atoms. The van der Waals surface area contributed by atoms with Crippen molar-refractivity contribution in [3.63, 3.8) is 0 Å². The van der Waals surface area contributed by atoms with Crippen LogP contribution >= 0.6 is 0 Å². The first-order chi connectivity index (χ1) is 21.1. The zero-order chi connectivity index (χ0) is 32.1. The summed E-state index contributed by atoms with van der Waals surface area (Å²) >= 11 is 0. The highest BCUT2D eigenvalue weighted by molar-refractivity contribution is 6.16. The lowest BCUT2D eigenvalue weighted by Gasteiger charge is -2.34. The van der Waals surface area contributed by atoms with Crippen LogP contribution in [0.15, 0.2) is 54.7 Å². The lowest BCUT2D eigenvalue weighted by Crippen LogP contribution is -2.32. The molecule has 7 rings (SSSR count). The van der Waals surface area contributed by atoms with Gasteiger partial charge in [0.15, 0.2) is 6.20 Å². The van der Waals surface area contributed by atoms with Gasteiger partial charge < -0.3 is 4.74 Å². The first-order valence-corrected chi connectivity index (χ1v) is 17.2. The standard InChI is InChI=1S/C43H52NO/c1-26-34-21-27(24-41(2,3)4)11-13-32(34)35(25-42(5,6)7)40-37(26)39-38-33(17-20-44(39)10)31-14-12-29(22-30(31)23-36(38)45-40)28-15-18-43(8,9)19-16-28/h11-14,17,20-23,28H,15-16,18-19,24-25H2,1-10H3/q+1. The Balaban J connectivity index is 1.47. The van der Waals surface area contributed by atoms with Crippen LogP contribution in [0.25, 0.3) is 43.6 Å². The Hall–Kier alpha value is -3.39. The fourth-order valence-corrected chi connectivity index (χ4v) is 8.33. The molecule has 0 atom stereocenters. The SMILES string of the molecule is Cc1c2c(c(CC(C)(C)C)c3ccc(CC(C)(C)C)cc13)Oc1cc3cc(C4CCC(C)(C)CC4)ccc3c3cc[n+](C)c-2c13. The lowest BCUT2D eigenvalue weighted by molar-refractivity contribution is -0.659. The molecule has 4 aromatic carbocycles. The summed E-state index contributed by atoms with van der Waals surface area (Å²) in [5.41, 5.74) is 8.91.